The second-order valence-electron chi connectivity index (χ2n) is 7.43. The maximum absolute atomic E-state index is 13.3. The van der Waals surface area contributed by atoms with Crippen LogP contribution < -0.4 is 5.32 Å². The third-order valence-corrected chi connectivity index (χ3v) is 7.16. The molecule has 0 bridgehead atoms. The van der Waals surface area contributed by atoms with E-state index in [9.17, 15) is 4.79 Å². The molecule has 3 heterocycles. The molecule has 33 heavy (non-hydrogen) atoms. The topological polar surface area (TPSA) is 85.6 Å². The molecule has 0 saturated carbocycles. The number of carbonyl (C=O) groups excluding carboxylic acids is 1. The first kappa shape index (κ1) is 21.3. The summed E-state index contributed by atoms with van der Waals surface area (Å²) in [5.74, 6) is 0.537. The highest BCUT2D eigenvalue weighted by Crippen LogP contribution is 2.30. The Morgan fingerprint density at radius 2 is 1.79 bits per heavy atom. The van der Waals surface area contributed by atoms with Crippen LogP contribution in [0.3, 0.4) is 0 Å². The number of nitrogens with zero attached hydrogens (tertiary/aromatic N) is 5. The van der Waals surface area contributed by atoms with Gasteiger partial charge in [0.15, 0.2) is 9.99 Å². The average Bonchev–Trinajstić information content (AvgIpc) is 3.41. The van der Waals surface area contributed by atoms with Gasteiger partial charge in [0.25, 0.3) is 5.91 Å². The van der Waals surface area contributed by atoms with E-state index in [2.05, 4.69) is 32.7 Å². The number of fused-ring (bicyclic) bond motifs is 1. The minimum Gasteiger partial charge on any atom is -0.296 e. The average molecular weight is 473 g/mol. The number of aryl methyl sites for hydroxylation is 2. The van der Waals surface area contributed by atoms with Gasteiger partial charge in [-0.2, -0.15) is 5.10 Å². The van der Waals surface area contributed by atoms with Crippen LogP contribution in [0.2, 0.25) is 0 Å². The highest BCUT2D eigenvalue weighted by Gasteiger charge is 2.20. The Morgan fingerprint density at radius 1 is 1.06 bits per heavy atom. The lowest BCUT2D eigenvalue weighted by atomic mass is 10.1. The summed E-state index contributed by atoms with van der Waals surface area (Å²) in [6.45, 7) is 1.88. The van der Waals surface area contributed by atoms with Gasteiger partial charge in [0, 0.05) is 18.4 Å². The van der Waals surface area contributed by atoms with Gasteiger partial charge in [-0.1, -0.05) is 83.8 Å². The smallest absolute Gasteiger partial charge is 0.258 e. The van der Waals surface area contributed by atoms with Gasteiger partial charge in [-0.05, 0) is 18.6 Å². The lowest BCUT2D eigenvalue weighted by Crippen LogP contribution is -2.13. The molecule has 1 N–H and O–H groups in total. The SMILES string of the molecule is Cc1nn(C)c2nc(-c3ccccc3)cc(C(=O)Nc3nnc(SCc4ccccc4)s3)c12. The van der Waals surface area contributed by atoms with Crippen LogP contribution in [0.15, 0.2) is 71.1 Å². The molecule has 5 rings (SSSR count). The van der Waals surface area contributed by atoms with E-state index in [4.69, 9.17) is 4.98 Å². The quantitative estimate of drug-likeness (QED) is 0.265. The number of amides is 1. The summed E-state index contributed by atoms with van der Waals surface area (Å²) in [6.07, 6.45) is 0. The van der Waals surface area contributed by atoms with Crippen LogP contribution in [0.25, 0.3) is 22.3 Å². The van der Waals surface area contributed by atoms with Gasteiger partial charge < -0.3 is 0 Å². The monoisotopic (exact) mass is 472 g/mol. The van der Waals surface area contributed by atoms with Gasteiger partial charge in [0.05, 0.1) is 22.3 Å². The maximum Gasteiger partial charge on any atom is 0.258 e. The van der Waals surface area contributed by atoms with E-state index in [0.717, 1.165) is 26.7 Å². The summed E-state index contributed by atoms with van der Waals surface area (Å²) >= 11 is 2.96. The van der Waals surface area contributed by atoms with Crippen LogP contribution >= 0.6 is 23.1 Å². The van der Waals surface area contributed by atoms with E-state index >= 15 is 0 Å². The van der Waals surface area contributed by atoms with Crippen LogP contribution in [0.1, 0.15) is 21.6 Å². The molecule has 0 aliphatic heterocycles. The van der Waals surface area contributed by atoms with E-state index in [1.165, 1.54) is 16.9 Å². The van der Waals surface area contributed by atoms with Crippen LogP contribution in [0.4, 0.5) is 5.13 Å². The number of rotatable bonds is 6. The molecule has 0 unspecified atom stereocenters. The molecule has 0 saturated heterocycles. The first-order valence-corrected chi connectivity index (χ1v) is 12.1. The zero-order valence-corrected chi connectivity index (χ0v) is 19.7. The van der Waals surface area contributed by atoms with Gasteiger partial charge in [0.2, 0.25) is 5.13 Å². The number of aromatic nitrogens is 5. The normalized spacial score (nSPS) is 11.1. The fourth-order valence-corrected chi connectivity index (χ4v) is 5.29. The molecule has 164 valence electrons. The minimum absolute atomic E-state index is 0.258. The molecular formula is C24H20N6OS2. The Bertz CT molecular complexity index is 1430. The molecule has 0 aliphatic carbocycles. The van der Waals surface area contributed by atoms with Crippen molar-refractivity contribution in [2.45, 2.75) is 17.0 Å². The number of hydrogen-bond acceptors (Lipinski definition) is 7. The predicted molar refractivity (Wildman–Crippen MR) is 133 cm³/mol. The van der Waals surface area contributed by atoms with Crippen molar-refractivity contribution in [3.63, 3.8) is 0 Å². The lowest BCUT2D eigenvalue weighted by molar-refractivity contribution is 0.102. The zero-order chi connectivity index (χ0) is 22.8. The largest absolute Gasteiger partial charge is 0.296 e. The van der Waals surface area contributed by atoms with E-state index < -0.39 is 0 Å². The Morgan fingerprint density at radius 3 is 2.55 bits per heavy atom. The molecule has 2 aromatic carbocycles. The van der Waals surface area contributed by atoms with Gasteiger partial charge in [-0.15, -0.1) is 10.2 Å². The van der Waals surface area contributed by atoms with Crippen LogP contribution in [-0.2, 0) is 12.8 Å². The number of hydrogen-bond donors (Lipinski definition) is 1. The molecule has 9 heteroatoms. The molecule has 0 spiro atoms. The highest BCUT2D eigenvalue weighted by molar-refractivity contribution is 8.00. The third-order valence-electron chi connectivity index (χ3n) is 5.11. The second-order valence-corrected chi connectivity index (χ2v) is 9.63. The van der Waals surface area contributed by atoms with Crippen molar-refractivity contribution in [1.29, 1.82) is 0 Å². The van der Waals surface area contributed by atoms with Gasteiger partial charge in [0.1, 0.15) is 0 Å². The summed E-state index contributed by atoms with van der Waals surface area (Å²) < 4.78 is 2.51. The second kappa shape index (κ2) is 9.13. The summed E-state index contributed by atoms with van der Waals surface area (Å²) in [4.78, 5) is 18.1. The number of carbonyl (C=O) groups is 1. The summed E-state index contributed by atoms with van der Waals surface area (Å²) in [6, 6.07) is 21.8. The third kappa shape index (κ3) is 4.50. The first-order chi connectivity index (χ1) is 16.1. The van der Waals surface area contributed by atoms with Crippen molar-refractivity contribution in [3.05, 3.63) is 83.6 Å². The zero-order valence-electron chi connectivity index (χ0n) is 18.0. The number of anilines is 1. The lowest BCUT2D eigenvalue weighted by Gasteiger charge is -2.08. The molecule has 0 aliphatic rings. The van der Waals surface area contributed by atoms with Crippen molar-refractivity contribution < 1.29 is 4.79 Å². The molecule has 5 aromatic rings. The summed E-state index contributed by atoms with van der Waals surface area (Å²) in [7, 11) is 1.83. The summed E-state index contributed by atoms with van der Waals surface area (Å²) in [5, 5.41) is 17.0. The Kier molecular flexibility index (Phi) is 5.89. The molecule has 3 aromatic heterocycles. The molecule has 0 atom stereocenters. The van der Waals surface area contributed by atoms with E-state index in [1.807, 2.05) is 68.6 Å². The standard InChI is InChI=1S/C24H20N6OS2/c1-15-20-18(13-19(17-11-7-4-8-12-17)25-21(20)30(2)29-15)22(31)26-23-27-28-24(33-23)32-14-16-9-5-3-6-10-16/h3-13H,14H2,1-2H3,(H,26,27,31). The summed E-state index contributed by atoms with van der Waals surface area (Å²) in [5.41, 5.74) is 4.79. The van der Waals surface area contributed by atoms with Gasteiger partial charge in [-0.25, -0.2) is 4.98 Å². The van der Waals surface area contributed by atoms with Crippen molar-refractivity contribution in [3.8, 4) is 11.3 Å². The van der Waals surface area contributed by atoms with Gasteiger partial charge in [-0.3, -0.25) is 14.8 Å². The van der Waals surface area contributed by atoms with Crippen LogP contribution in [0.5, 0.6) is 0 Å². The fraction of sp³-hybridized carbons (Fsp3) is 0.125. The number of thioether (sulfide) groups is 1. The first-order valence-electron chi connectivity index (χ1n) is 10.3. The number of pyridine rings is 1. The number of benzene rings is 2. The van der Waals surface area contributed by atoms with E-state index in [0.29, 0.717) is 22.0 Å². The predicted octanol–water partition coefficient (Wildman–Crippen LogP) is 5.34. The maximum atomic E-state index is 13.3. The van der Waals surface area contributed by atoms with E-state index in [-0.39, 0.29) is 5.91 Å². The van der Waals surface area contributed by atoms with Crippen molar-refractivity contribution in [1.82, 2.24) is 25.0 Å². The van der Waals surface area contributed by atoms with Gasteiger partial charge >= 0.3 is 0 Å². The number of nitrogens with one attached hydrogen (secondary N) is 1. The molecule has 0 radical (unpaired) electrons. The van der Waals surface area contributed by atoms with Crippen molar-refractivity contribution in [2.24, 2.45) is 7.05 Å². The van der Waals surface area contributed by atoms with Crippen LogP contribution in [0, 0.1) is 6.92 Å². The van der Waals surface area contributed by atoms with Crippen LogP contribution in [-0.4, -0.2) is 30.9 Å². The Labute approximate surface area is 198 Å². The minimum atomic E-state index is -0.258. The Hall–Kier alpha value is -3.56. The Balaban J connectivity index is 1.42. The van der Waals surface area contributed by atoms with Crippen molar-refractivity contribution >= 4 is 45.2 Å². The fourth-order valence-electron chi connectivity index (χ4n) is 3.58. The molecule has 0 fully saturated rings. The van der Waals surface area contributed by atoms with E-state index in [1.54, 1.807) is 16.4 Å². The highest BCUT2D eigenvalue weighted by atomic mass is 32.2. The molecular weight excluding hydrogens is 452 g/mol. The van der Waals surface area contributed by atoms with Crippen molar-refractivity contribution in [2.75, 3.05) is 5.32 Å². The molecule has 7 nitrogen and oxygen atoms in total. The molecule has 1 amide bonds.